The fourth-order valence-electron chi connectivity index (χ4n) is 1.88. The topological polar surface area (TPSA) is 41.1 Å². The highest BCUT2D eigenvalue weighted by atomic mass is 79.9. The summed E-state index contributed by atoms with van der Waals surface area (Å²) in [5.74, 6) is 0.197. The quantitative estimate of drug-likeness (QED) is 0.757. The van der Waals surface area contributed by atoms with Gasteiger partial charge in [0.25, 0.3) is 0 Å². The van der Waals surface area contributed by atoms with Gasteiger partial charge in [-0.15, -0.1) is 0 Å². The Balaban J connectivity index is 1.58. The second-order valence-corrected chi connectivity index (χ2v) is 6.06. The fraction of sp³-hybridized carbons (Fsp3) is 0.533. The van der Waals surface area contributed by atoms with Gasteiger partial charge in [0.15, 0.2) is 0 Å². The Kier molecular flexibility index (Phi) is 5.40. The lowest BCUT2D eigenvalue weighted by Crippen LogP contribution is -2.26. The molecule has 1 amide bonds. The van der Waals surface area contributed by atoms with Crippen molar-refractivity contribution in [2.45, 2.75) is 45.2 Å². The average Bonchev–Trinajstić information content (AvgIpc) is 3.17. The van der Waals surface area contributed by atoms with Crippen molar-refractivity contribution in [3.8, 4) is 0 Å². The van der Waals surface area contributed by atoms with Crippen LogP contribution in [-0.4, -0.2) is 18.5 Å². The Morgan fingerprint density at radius 2 is 2.21 bits per heavy atom. The van der Waals surface area contributed by atoms with E-state index in [1.807, 2.05) is 0 Å². The van der Waals surface area contributed by atoms with Gasteiger partial charge in [-0.05, 0) is 49.9 Å². The van der Waals surface area contributed by atoms with Gasteiger partial charge < -0.3 is 10.6 Å². The maximum absolute atomic E-state index is 11.5. The molecule has 0 heterocycles. The largest absolute Gasteiger partial charge is 0.353 e. The van der Waals surface area contributed by atoms with E-state index in [4.69, 9.17) is 0 Å². The van der Waals surface area contributed by atoms with Crippen molar-refractivity contribution in [3.05, 3.63) is 33.8 Å². The second-order valence-electron chi connectivity index (χ2n) is 5.21. The summed E-state index contributed by atoms with van der Waals surface area (Å²) in [6.07, 6.45) is 3.84. The molecule has 0 aliphatic heterocycles. The number of halogens is 1. The zero-order chi connectivity index (χ0) is 13.7. The molecule has 2 rings (SSSR count). The molecule has 19 heavy (non-hydrogen) atoms. The molecule has 0 saturated heterocycles. The molecule has 2 N–H and O–H groups in total. The number of amides is 1. The summed E-state index contributed by atoms with van der Waals surface area (Å²) in [6.45, 7) is 3.81. The number of benzene rings is 1. The summed E-state index contributed by atoms with van der Waals surface area (Å²) >= 11 is 3.54. The molecule has 0 unspecified atom stereocenters. The van der Waals surface area contributed by atoms with Gasteiger partial charge in [0, 0.05) is 23.5 Å². The number of nitrogens with one attached hydrogen (secondary N) is 2. The van der Waals surface area contributed by atoms with Crippen LogP contribution in [0.2, 0.25) is 0 Å². The summed E-state index contributed by atoms with van der Waals surface area (Å²) in [7, 11) is 0. The third-order valence-electron chi connectivity index (χ3n) is 3.27. The zero-order valence-electron chi connectivity index (χ0n) is 11.3. The van der Waals surface area contributed by atoms with Gasteiger partial charge in [-0.2, -0.15) is 0 Å². The molecule has 0 bridgehead atoms. The highest BCUT2D eigenvalue weighted by Crippen LogP contribution is 2.19. The van der Waals surface area contributed by atoms with E-state index in [0.29, 0.717) is 12.5 Å². The van der Waals surface area contributed by atoms with E-state index in [1.165, 1.54) is 11.1 Å². The first-order valence-corrected chi connectivity index (χ1v) is 7.69. The van der Waals surface area contributed by atoms with Crippen LogP contribution in [0.5, 0.6) is 0 Å². The minimum Gasteiger partial charge on any atom is -0.353 e. The lowest BCUT2D eigenvalue weighted by atomic mass is 10.1. The SMILES string of the molecule is Cc1ccc(CNCCCC(=O)NC2CC2)cc1Br. The molecule has 104 valence electrons. The third kappa shape index (κ3) is 5.33. The Morgan fingerprint density at radius 3 is 2.89 bits per heavy atom. The van der Waals surface area contributed by atoms with Crippen LogP contribution in [0.15, 0.2) is 22.7 Å². The summed E-state index contributed by atoms with van der Waals surface area (Å²) in [6, 6.07) is 6.87. The fourth-order valence-corrected chi connectivity index (χ4v) is 2.31. The first-order chi connectivity index (χ1) is 9.15. The molecule has 4 heteroatoms. The first-order valence-electron chi connectivity index (χ1n) is 6.90. The van der Waals surface area contributed by atoms with Crippen LogP contribution in [0.1, 0.15) is 36.8 Å². The molecular formula is C15H21BrN2O. The summed E-state index contributed by atoms with van der Waals surface area (Å²) < 4.78 is 1.15. The predicted octanol–water partition coefficient (Wildman–Crippen LogP) is 2.91. The molecule has 1 aliphatic carbocycles. The van der Waals surface area contributed by atoms with Crippen molar-refractivity contribution >= 4 is 21.8 Å². The van der Waals surface area contributed by atoms with Crippen molar-refractivity contribution in [1.29, 1.82) is 0 Å². The van der Waals surface area contributed by atoms with Gasteiger partial charge in [-0.25, -0.2) is 0 Å². The van der Waals surface area contributed by atoms with Crippen LogP contribution in [0.3, 0.4) is 0 Å². The van der Waals surface area contributed by atoms with Crippen molar-refractivity contribution in [2.24, 2.45) is 0 Å². The van der Waals surface area contributed by atoms with Gasteiger partial charge in [0.1, 0.15) is 0 Å². The summed E-state index contributed by atoms with van der Waals surface area (Å²) in [4.78, 5) is 11.5. The standard InChI is InChI=1S/C15H21BrN2O/c1-11-4-5-12(9-14(11)16)10-17-8-2-3-15(19)18-13-6-7-13/h4-5,9,13,17H,2-3,6-8,10H2,1H3,(H,18,19). The van der Waals surface area contributed by atoms with E-state index in [0.717, 1.165) is 36.8 Å². The molecule has 1 aromatic rings. The van der Waals surface area contributed by atoms with E-state index < -0.39 is 0 Å². The Hall–Kier alpha value is -0.870. The van der Waals surface area contributed by atoms with Crippen LogP contribution in [0, 0.1) is 6.92 Å². The van der Waals surface area contributed by atoms with Crippen molar-refractivity contribution in [2.75, 3.05) is 6.54 Å². The van der Waals surface area contributed by atoms with Crippen LogP contribution >= 0.6 is 15.9 Å². The second kappa shape index (κ2) is 7.06. The van der Waals surface area contributed by atoms with Gasteiger partial charge in [-0.1, -0.05) is 28.1 Å². The predicted molar refractivity (Wildman–Crippen MR) is 81.0 cm³/mol. The van der Waals surface area contributed by atoms with Crippen molar-refractivity contribution < 1.29 is 4.79 Å². The molecule has 0 atom stereocenters. The molecule has 1 aliphatic rings. The minimum atomic E-state index is 0.197. The lowest BCUT2D eigenvalue weighted by Gasteiger charge is -2.07. The molecule has 1 aromatic carbocycles. The monoisotopic (exact) mass is 324 g/mol. The zero-order valence-corrected chi connectivity index (χ0v) is 12.9. The van der Waals surface area contributed by atoms with E-state index in [1.54, 1.807) is 0 Å². The maximum atomic E-state index is 11.5. The molecule has 1 fully saturated rings. The molecule has 0 radical (unpaired) electrons. The molecule has 0 spiro atoms. The molecular weight excluding hydrogens is 304 g/mol. The van der Waals surface area contributed by atoms with E-state index in [9.17, 15) is 4.79 Å². The van der Waals surface area contributed by atoms with Crippen molar-refractivity contribution in [1.82, 2.24) is 10.6 Å². The van der Waals surface area contributed by atoms with Gasteiger partial charge in [0.05, 0.1) is 0 Å². The third-order valence-corrected chi connectivity index (χ3v) is 4.12. The number of hydrogen-bond acceptors (Lipinski definition) is 2. The molecule has 0 aromatic heterocycles. The Bertz CT molecular complexity index is 444. The lowest BCUT2D eigenvalue weighted by molar-refractivity contribution is -0.121. The normalized spacial score (nSPS) is 14.4. The number of aryl methyl sites for hydroxylation is 1. The smallest absolute Gasteiger partial charge is 0.220 e. The van der Waals surface area contributed by atoms with Gasteiger partial charge in [-0.3, -0.25) is 4.79 Å². The highest BCUT2D eigenvalue weighted by molar-refractivity contribution is 9.10. The van der Waals surface area contributed by atoms with Gasteiger partial charge in [0.2, 0.25) is 5.91 Å². The van der Waals surface area contributed by atoms with Gasteiger partial charge >= 0.3 is 0 Å². The van der Waals surface area contributed by atoms with Crippen LogP contribution in [0.4, 0.5) is 0 Å². The number of carbonyl (C=O) groups excluding carboxylic acids is 1. The minimum absolute atomic E-state index is 0.197. The van der Waals surface area contributed by atoms with Crippen molar-refractivity contribution in [3.63, 3.8) is 0 Å². The molecule has 1 saturated carbocycles. The summed E-state index contributed by atoms with van der Waals surface area (Å²) in [5.41, 5.74) is 2.51. The number of hydrogen-bond donors (Lipinski definition) is 2. The van der Waals surface area contributed by atoms with E-state index >= 15 is 0 Å². The van der Waals surface area contributed by atoms with Crippen LogP contribution < -0.4 is 10.6 Å². The highest BCUT2D eigenvalue weighted by Gasteiger charge is 2.22. The number of rotatable bonds is 7. The van der Waals surface area contributed by atoms with Crippen LogP contribution in [0.25, 0.3) is 0 Å². The Morgan fingerprint density at radius 1 is 1.42 bits per heavy atom. The first kappa shape index (κ1) is 14.5. The maximum Gasteiger partial charge on any atom is 0.220 e. The average molecular weight is 325 g/mol. The number of carbonyl (C=O) groups is 1. The van der Waals surface area contributed by atoms with E-state index in [-0.39, 0.29) is 5.91 Å². The molecule has 3 nitrogen and oxygen atoms in total. The van der Waals surface area contributed by atoms with Crippen LogP contribution in [-0.2, 0) is 11.3 Å². The Labute approximate surface area is 123 Å². The summed E-state index contributed by atoms with van der Waals surface area (Å²) in [5, 5.41) is 6.38. The van der Waals surface area contributed by atoms with E-state index in [2.05, 4.69) is 51.7 Å².